The van der Waals surface area contributed by atoms with Crippen LogP contribution in [-0.2, 0) is 0 Å². The molecule has 6 nitrogen and oxygen atoms in total. The second-order valence-corrected chi connectivity index (χ2v) is 8.13. The summed E-state index contributed by atoms with van der Waals surface area (Å²) in [5.41, 5.74) is 2.48. The van der Waals surface area contributed by atoms with Crippen LogP contribution in [0.2, 0.25) is 0 Å². The van der Waals surface area contributed by atoms with Gasteiger partial charge in [0.25, 0.3) is 0 Å². The lowest BCUT2D eigenvalue weighted by molar-refractivity contribution is 0.174. The van der Waals surface area contributed by atoms with Crippen molar-refractivity contribution in [1.82, 2.24) is 10.3 Å². The molecule has 1 N–H and O–H groups in total. The monoisotopic (exact) mass is 459 g/mol. The second kappa shape index (κ2) is 7.90. The van der Waals surface area contributed by atoms with Crippen molar-refractivity contribution in [2.75, 3.05) is 11.7 Å². The quantitative estimate of drug-likeness (QED) is 0.411. The number of hydrogen-bond donors (Lipinski definition) is 1. The van der Waals surface area contributed by atoms with Crippen molar-refractivity contribution >= 4 is 23.0 Å². The molecule has 2 unspecified atom stereocenters. The molecule has 0 spiro atoms. The third-order valence-electron chi connectivity index (χ3n) is 5.78. The Balaban J connectivity index is 1.44. The first-order chi connectivity index (χ1) is 16.2. The van der Waals surface area contributed by atoms with Gasteiger partial charge in [-0.15, -0.1) is 0 Å². The molecule has 0 aliphatic carbocycles. The number of nitrogens with one attached hydrogen (secondary N) is 1. The van der Waals surface area contributed by atoms with E-state index in [0.717, 1.165) is 16.9 Å². The van der Waals surface area contributed by atoms with Crippen molar-refractivity contribution in [3.8, 4) is 22.8 Å². The summed E-state index contributed by atoms with van der Waals surface area (Å²) in [6.07, 6.45) is 1.76. The fourth-order valence-corrected chi connectivity index (χ4v) is 4.58. The number of halogens is 1. The second-order valence-electron chi connectivity index (χ2n) is 7.74. The van der Waals surface area contributed by atoms with Crippen LogP contribution in [0.3, 0.4) is 0 Å². The van der Waals surface area contributed by atoms with E-state index < -0.39 is 0 Å². The molecular weight excluding hydrogens is 441 g/mol. The minimum absolute atomic E-state index is 0.195. The van der Waals surface area contributed by atoms with Crippen LogP contribution in [0.25, 0.3) is 11.3 Å². The van der Waals surface area contributed by atoms with E-state index in [2.05, 4.69) is 10.3 Å². The summed E-state index contributed by atoms with van der Waals surface area (Å²) in [4.78, 5) is 6.56. The number of nitrogens with zero attached hydrogens (tertiary/aromatic N) is 2. The van der Waals surface area contributed by atoms with Crippen molar-refractivity contribution in [2.24, 2.45) is 0 Å². The average Bonchev–Trinajstić information content (AvgIpc) is 3.58. The molecule has 0 radical (unpaired) electrons. The van der Waals surface area contributed by atoms with Gasteiger partial charge < -0.3 is 24.1 Å². The van der Waals surface area contributed by atoms with Gasteiger partial charge in [-0.05, 0) is 72.9 Å². The number of rotatable bonds is 4. The van der Waals surface area contributed by atoms with Crippen LogP contribution in [0.15, 0.2) is 83.4 Å². The van der Waals surface area contributed by atoms with Gasteiger partial charge in [-0.1, -0.05) is 6.07 Å². The standard InChI is InChI=1S/C25H18FN3O3S/c26-16-6-4-15(5-7-16)19-10-11-21(32-19)24-23(18-3-1-2-12-27-18)28-25(33)29(24)17-8-9-20-22(13-17)31-14-30-20/h1-13,23-24H,14H2,(H,28,33). The highest BCUT2D eigenvalue weighted by atomic mass is 32.1. The number of fused-ring (bicyclic) bond motifs is 1. The molecule has 1 saturated heterocycles. The lowest BCUT2D eigenvalue weighted by atomic mass is 10.0. The highest BCUT2D eigenvalue weighted by Crippen LogP contribution is 2.45. The SMILES string of the molecule is Fc1ccc(-c2ccc(C3C(c4ccccn4)NC(=S)N3c3ccc4c(c3)OCO4)o2)cc1. The molecule has 0 amide bonds. The molecular formula is C25H18FN3O3S. The fourth-order valence-electron chi connectivity index (χ4n) is 4.24. The minimum Gasteiger partial charge on any atom is -0.459 e. The summed E-state index contributed by atoms with van der Waals surface area (Å²) in [6, 6.07) is 21.0. The number of furan rings is 1. The Labute approximate surface area is 194 Å². The number of ether oxygens (including phenoxy) is 2. The number of hydrogen-bond acceptors (Lipinski definition) is 5. The molecule has 164 valence electrons. The van der Waals surface area contributed by atoms with Gasteiger partial charge in [-0.3, -0.25) is 4.98 Å². The third-order valence-corrected chi connectivity index (χ3v) is 6.09. The summed E-state index contributed by atoms with van der Waals surface area (Å²) in [7, 11) is 0. The van der Waals surface area contributed by atoms with Crippen LogP contribution in [0.1, 0.15) is 23.5 Å². The molecule has 8 heteroatoms. The number of anilines is 1. The zero-order valence-electron chi connectivity index (χ0n) is 17.3. The Bertz CT molecular complexity index is 1330. The summed E-state index contributed by atoms with van der Waals surface area (Å²) in [5, 5.41) is 3.95. The van der Waals surface area contributed by atoms with Gasteiger partial charge in [0.2, 0.25) is 6.79 Å². The molecule has 1 fully saturated rings. The van der Waals surface area contributed by atoms with Crippen molar-refractivity contribution in [3.05, 3.63) is 96.3 Å². The maximum Gasteiger partial charge on any atom is 0.231 e. The lowest BCUT2D eigenvalue weighted by Gasteiger charge is -2.26. The van der Waals surface area contributed by atoms with E-state index in [-0.39, 0.29) is 24.7 Å². The van der Waals surface area contributed by atoms with E-state index in [1.54, 1.807) is 18.3 Å². The van der Waals surface area contributed by atoms with Gasteiger partial charge in [0.05, 0.1) is 11.7 Å². The molecule has 6 rings (SSSR count). The summed E-state index contributed by atoms with van der Waals surface area (Å²) >= 11 is 5.75. The third kappa shape index (κ3) is 3.48. The Morgan fingerprint density at radius 1 is 0.970 bits per heavy atom. The van der Waals surface area contributed by atoms with E-state index >= 15 is 0 Å². The van der Waals surface area contributed by atoms with Crippen molar-refractivity contribution in [1.29, 1.82) is 0 Å². The van der Waals surface area contributed by atoms with Crippen LogP contribution >= 0.6 is 12.2 Å². The number of aromatic nitrogens is 1. The molecule has 4 heterocycles. The molecule has 2 aliphatic rings. The van der Waals surface area contributed by atoms with E-state index in [1.165, 1.54) is 12.1 Å². The number of benzene rings is 2. The van der Waals surface area contributed by atoms with Crippen molar-refractivity contribution in [3.63, 3.8) is 0 Å². The zero-order valence-corrected chi connectivity index (χ0v) is 18.1. The van der Waals surface area contributed by atoms with Gasteiger partial charge in [0, 0.05) is 23.5 Å². The van der Waals surface area contributed by atoms with Crippen LogP contribution in [0.4, 0.5) is 10.1 Å². The van der Waals surface area contributed by atoms with E-state index in [1.807, 2.05) is 53.4 Å². The van der Waals surface area contributed by atoms with Gasteiger partial charge in [0.15, 0.2) is 16.6 Å². The first-order valence-corrected chi connectivity index (χ1v) is 10.8. The number of pyridine rings is 1. The Morgan fingerprint density at radius 3 is 2.64 bits per heavy atom. The zero-order chi connectivity index (χ0) is 22.4. The van der Waals surface area contributed by atoms with Crippen LogP contribution in [0.5, 0.6) is 11.5 Å². The average molecular weight is 460 g/mol. The molecule has 2 aromatic heterocycles. The van der Waals surface area contributed by atoms with Crippen molar-refractivity contribution in [2.45, 2.75) is 12.1 Å². The minimum atomic E-state index is -0.304. The molecule has 2 atom stereocenters. The number of thiocarbonyl (C=S) groups is 1. The summed E-state index contributed by atoms with van der Waals surface area (Å²) in [6.45, 7) is 0.195. The highest BCUT2D eigenvalue weighted by Gasteiger charge is 2.43. The first-order valence-electron chi connectivity index (χ1n) is 10.4. The molecule has 0 saturated carbocycles. The lowest BCUT2D eigenvalue weighted by Crippen LogP contribution is -2.29. The fraction of sp³-hybridized carbons (Fsp3) is 0.120. The largest absolute Gasteiger partial charge is 0.459 e. The molecule has 4 aromatic rings. The van der Waals surface area contributed by atoms with E-state index in [9.17, 15) is 4.39 Å². The first kappa shape index (κ1) is 19.8. The summed E-state index contributed by atoms with van der Waals surface area (Å²) in [5.74, 6) is 2.43. The van der Waals surface area contributed by atoms with Gasteiger partial charge in [-0.2, -0.15) is 0 Å². The highest BCUT2D eigenvalue weighted by molar-refractivity contribution is 7.80. The Morgan fingerprint density at radius 2 is 1.82 bits per heavy atom. The van der Waals surface area contributed by atoms with Gasteiger partial charge in [0.1, 0.15) is 23.4 Å². The molecule has 2 aromatic carbocycles. The van der Waals surface area contributed by atoms with E-state index in [4.69, 9.17) is 26.1 Å². The van der Waals surface area contributed by atoms with Gasteiger partial charge >= 0.3 is 0 Å². The molecule has 0 bridgehead atoms. The molecule has 2 aliphatic heterocycles. The maximum absolute atomic E-state index is 13.4. The van der Waals surface area contributed by atoms with Gasteiger partial charge in [-0.25, -0.2) is 4.39 Å². The van der Waals surface area contributed by atoms with Crippen LogP contribution < -0.4 is 19.7 Å². The maximum atomic E-state index is 13.4. The Kier molecular flexibility index (Phi) is 4.73. The Hall–Kier alpha value is -3.91. The van der Waals surface area contributed by atoms with Crippen molar-refractivity contribution < 1.29 is 18.3 Å². The predicted molar refractivity (Wildman–Crippen MR) is 125 cm³/mol. The molecule has 33 heavy (non-hydrogen) atoms. The van der Waals surface area contributed by atoms with E-state index in [0.29, 0.717) is 28.1 Å². The smallest absolute Gasteiger partial charge is 0.231 e. The van der Waals surface area contributed by atoms with Crippen LogP contribution in [-0.4, -0.2) is 16.9 Å². The summed E-state index contributed by atoms with van der Waals surface area (Å²) < 4.78 is 30.7. The predicted octanol–water partition coefficient (Wildman–Crippen LogP) is 5.39. The normalized spacial score (nSPS) is 19.1. The van der Waals surface area contributed by atoms with Crippen LogP contribution in [0, 0.1) is 5.82 Å². The topological polar surface area (TPSA) is 59.8 Å².